The van der Waals surface area contributed by atoms with Gasteiger partial charge in [0.1, 0.15) is 5.82 Å². The van der Waals surface area contributed by atoms with Gasteiger partial charge in [-0.25, -0.2) is 4.98 Å². The Morgan fingerprint density at radius 1 is 1.21 bits per heavy atom. The Hall–Kier alpha value is -1.12. The van der Waals surface area contributed by atoms with Crippen LogP contribution in [0.4, 0.5) is 0 Å². The second kappa shape index (κ2) is 2.94. The van der Waals surface area contributed by atoms with E-state index in [4.69, 9.17) is 0 Å². The number of rotatable bonds is 2. The summed E-state index contributed by atoms with van der Waals surface area (Å²) in [6.07, 6.45) is 6.08. The number of aromatic amines is 1. The van der Waals surface area contributed by atoms with Crippen molar-refractivity contribution < 1.29 is 0 Å². The molecule has 1 N–H and O–H groups in total. The lowest BCUT2D eigenvalue weighted by Crippen LogP contribution is -2.19. The average molecular weight is 190 g/mol. The zero-order chi connectivity index (χ0) is 9.54. The van der Waals surface area contributed by atoms with E-state index in [1.54, 1.807) is 6.07 Å². The van der Waals surface area contributed by atoms with Crippen molar-refractivity contribution in [1.82, 2.24) is 9.97 Å². The van der Waals surface area contributed by atoms with Crippen LogP contribution >= 0.6 is 0 Å². The number of nitrogens with one attached hydrogen (secondary N) is 1. The lowest BCUT2D eigenvalue weighted by Gasteiger charge is -2.24. The van der Waals surface area contributed by atoms with Gasteiger partial charge in [0.05, 0.1) is 5.69 Å². The number of hydrogen-bond donors (Lipinski definition) is 1. The maximum atomic E-state index is 11.4. The van der Waals surface area contributed by atoms with Crippen molar-refractivity contribution in [2.75, 3.05) is 0 Å². The molecule has 0 unspecified atom stereocenters. The summed E-state index contributed by atoms with van der Waals surface area (Å²) in [6.45, 7) is 0. The minimum Gasteiger partial charge on any atom is -0.310 e. The van der Waals surface area contributed by atoms with E-state index in [-0.39, 0.29) is 5.56 Å². The Morgan fingerprint density at radius 2 is 2.00 bits per heavy atom. The van der Waals surface area contributed by atoms with Crippen molar-refractivity contribution in [2.45, 2.75) is 43.9 Å². The number of H-pyrrole nitrogens is 1. The van der Waals surface area contributed by atoms with Gasteiger partial charge in [0, 0.05) is 17.9 Å². The average Bonchev–Trinajstić information content (AvgIpc) is 2.80. The van der Waals surface area contributed by atoms with Crippen LogP contribution in [0.25, 0.3) is 0 Å². The van der Waals surface area contributed by atoms with E-state index in [0.29, 0.717) is 11.8 Å². The molecule has 0 spiro atoms. The van der Waals surface area contributed by atoms with Gasteiger partial charge < -0.3 is 4.98 Å². The van der Waals surface area contributed by atoms with Crippen molar-refractivity contribution in [2.24, 2.45) is 0 Å². The molecular formula is C11H14N2O. The van der Waals surface area contributed by atoms with Gasteiger partial charge in [-0.2, -0.15) is 0 Å². The van der Waals surface area contributed by atoms with Crippen molar-refractivity contribution in [3.63, 3.8) is 0 Å². The fourth-order valence-electron chi connectivity index (χ4n) is 1.96. The Balaban J connectivity index is 1.97. The predicted molar refractivity (Wildman–Crippen MR) is 53.4 cm³/mol. The molecule has 74 valence electrons. The first-order chi connectivity index (χ1) is 6.83. The molecule has 0 amide bonds. The quantitative estimate of drug-likeness (QED) is 0.774. The molecule has 1 heterocycles. The van der Waals surface area contributed by atoms with Gasteiger partial charge in [0.25, 0.3) is 5.56 Å². The fraction of sp³-hybridized carbons (Fsp3) is 0.636. The first kappa shape index (κ1) is 8.21. The summed E-state index contributed by atoms with van der Waals surface area (Å²) >= 11 is 0. The maximum Gasteiger partial charge on any atom is 0.251 e. The molecule has 0 aromatic carbocycles. The van der Waals surface area contributed by atoms with Crippen molar-refractivity contribution in [1.29, 1.82) is 0 Å². The largest absolute Gasteiger partial charge is 0.310 e. The van der Waals surface area contributed by atoms with Gasteiger partial charge in [-0.05, 0) is 25.7 Å². The normalized spacial score (nSPS) is 22.0. The van der Waals surface area contributed by atoms with Crippen LogP contribution < -0.4 is 5.56 Å². The number of hydrogen-bond acceptors (Lipinski definition) is 2. The highest BCUT2D eigenvalue weighted by Crippen LogP contribution is 2.40. The summed E-state index contributed by atoms with van der Waals surface area (Å²) < 4.78 is 0. The topological polar surface area (TPSA) is 45.8 Å². The Labute approximate surface area is 82.6 Å². The molecule has 1 aromatic rings. The zero-order valence-electron chi connectivity index (χ0n) is 8.12. The van der Waals surface area contributed by atoms with Crippen molar-refractivity contribution >= 4 is 0 Å². The second-order valence-electron chi connectivity index (χ2n) is 4.46. The van der Waals surface area contributed by atoms with E-state index in [9.17, 15) is 4.79 Å². The van der Waals surface area contributed by atoms with E-state index in [1.165, 1.54) is 32.1 Å². The van der Waals surface area contributed by atoms with Gasteiger partial charge in [0.2, 0.25) is 0 Å². The van der Waals surface area contributed by atoms with Crippen LogP contribution in [-0.2, 0) is 0 Å². The molecular weight excluding hydrogens is 176 g/mol. The van der Waals surface area contributed by atoms with Gasteiger partial charge in [-0.15, -0.1) is 0 Å². The highest BCUT2D eigenvalue weighted by molar-refractivity contribution is 5.16. The molecule has 2 fully saturated rings. The van der Waals surface area contributed by atoms with E-state index in [2.05, 4.69) is 9.97 Å². The summed E-state index contributed by atoms with van der Waals surface area (Å²) in [5.41, 5.74) is 1.06. The number of aromatic nitrogens is 2. The van der Waals surface area contributed by atoms with Crippen molar-refractivity contribution in [3.8, 4) is 0 Å². The standard InChI is InChI=1S/C11H14N2O/c14-10-6-9(7-4-5-7)12-11(13-10)8-2-1-3-8/h6-8H,1-5H2,(H,12,13,14). The minimum absolute atomic E-state index is 0.0313. The van der Waals surface area contributed by atoms with Crippen LogP contribution in [0.3, 0.4) is 0 Å². The van der Waals surface area contributed by atoms with Gasteiger partial charge in [0.15, 0.2) is 0 Å². The summed E-state index contributed by atoms with van der Waals surface area (Å²) in [5, 5.41) is 0. The molecule has 0 radical (unpaired) electrons. The molecule has 2 saturated carbocycles. The first-order valence-corrected chi connectivity index (χ1v) is 5.44. The summed E-state index contributed by atoms with van der Waals surface area (Å²) in [6, 6.07) is 1.67. The van der Waals surface area contributed by atoms with E-state index in [1.807, 2.05) is 0 Å². The summed E-state index contributed by atoms with van der Waals surface area (Å²) in [4.78, 5) is 18.8. The molecule has 3 heteroatoms. The predicted octanol–water partition coefficient (Wildman–Crippen LogP) is 1.91. The van der Waals surface area contributed by atoms with Crippen LogP contribution in [0.2, 0.25) is 0 Å². The van der Waals surface area contributed by atoms with Crippen LogP contribution in [0, 0.1) is 0 Å². The highest BCUT2D eigenvalue weighted by Gasteiger charge is 2.28. The Morgan fingerprint density at radius 3 is 2.57 bits per heavy atom. The lowest BCUT2D eigenvalue weighted by molar-refractivity contribution is 0.399. The minimum atomic E-state index is 0.0313. The fourth-order valence-corrected chi connectivity index (χ4v) is 1.96. The number of nitrogens with zero attached hydrogens (tertiary/aromatic N) is 1. The van der Waals surface area contributed by atoms with Crippen LogP contribution in [-0.4, -0.2) is 9.97 Å². The third-order valence-electron chi connectivity index (χ3n) is 3.27. The molecule has 0 saturated heterocycles. The second-order valence-corrected chi connectivity index (χ2v) is 4.46. The van der Waals surface area contributed by atoms with Crippen molar-refractivity contribution in [3.05, 3.63) is 27.9 Å². The van der Waals surface area contributed by atoms with Crippen LogP contribution in [0.1, 0.15) is 55.5 Å². The summed E-state index contributed by atoms with van der Waals surface area (Å²) in [5.74, 6) is 2.04. The van der Waals surface area contributed by atoms with Gasteiger partial charge in [-0.3, -0.25) is 4.79 Å². The smallest absolute Gasteiger partial charge is 0.251 e. The Bertz CT molecular complexity index is 402. The maximum absolute atomic E-state index is 11.4. The highest BCUT2D eigenvalue weighted by atomic mass is 16.1. The van der Waals surface area contributed by atoms with Gasteiger partial charge >= 0.3 is 0 Å². The molecule has 14 heavy (non-hydrogen) atoms. The summed E-state index contributed by atoms with van der Waals surface area (Å²) in [7, 11) is 0. The van der Waals surface area contributed by atoms with E-state index < -0.39 is 0 Å². The molecule has 1 aromatic heterocycles. The van der Waals surface area contributed by atoms with E-state index >= 15 is 0 Å². The first-order valence-electron chi connectivity index (χ1n) is 5.44. The third-order valence-corrected chi connectivity index (χ3v) is 3.27. The molecule has 0 aliphatic heterocycles. The molecule has 3 rings (SSSR count). The van der Waals surface area contributed by atoms with Crippen LogP contribution in [0.15, 0.2) is 10.9 Å². The zero-order valence-corrected chi connectivity index (χ0v) is 8.12. The molecule has 2 aliphatic carbocycles. The molecule has 2 aliphatic rings. The molecule has 0 atom stereocenters. The van der Waals surface area contributed by atoms with E-state index in [0.717, 1.165) is 11.5 Å². The lowest BCUT2D eigenvalue weighted by atomic mass is 9.85. The monoisotopic (exact) mass is 190 g/mol. The third kappa shape index (κ3) is 1.37. The molecule has 3 nitrogen and oxygen atoms in total. The van der Waals surface area contributed by atoms with Crippen LogP contribution in [0.5, 0.6) is 0 Å². The Kier molecular flexibility index (Phi) is 1.72. The molecule has 0 bridgehead atoms. The SMILES string of the molecule is O=c1cc(C2CC2)nc(C2CCC2)[nH]1. The van der Waals surface area contributed by atoms with Gasteiger partial charge in [-0.1, -0.05) is 6.42 Å².